The molecule has 2 aromatic rings. The van der Waals surface area contributed by atoms with Crippen LogP contribution < -0.4 is 0 Å². The molecule has 0 aliphatic carbocycles. The fourth-order valence-electron chi connectivity index (χ4n) is 6.66. The molecule has 0 fully saturated rings. The Morgan fingerprint density at radius 2 is 0.830 bits per heavy atom. The van der Waals surface area contributed by atoms with Crippen molar-refractivity contribution in [2.24, 2.45) is 0 Å². The molecular weight excluding hydrogens is 615 g/mol. The number of rotatable bonds is 24. The molecule has 0 saturated carbocycles. The third-order valence-corrected chi connectivity index (χ3v) is 10.3. The summed E-state index contributed by atoms with van der Waals surface area (Å²) in [7, 11) is 0. The number of hydrogen-bond acceptors (Lipinski definition) is 0. The molecule has 0 spiro atoms. The fraction of sp³-hybridized carbons (Fsp3) is 0.636. The van der Waals surface area contributed by atoms with Crippen LogP contribution in [0.25, 0.3) is 16.9 Å². The molecule has 266 valence electrons. The fourth-order valence-corrected chi connectivity index (χ4v) is 7.15. The van der Waals surface area contributed by atoms with Crippen molar-refractivity contribution in [3.05, 3.63) is 87.5 Å². The molecule has 0 unspecified atom stereocenters. The number of nitrogens with zero attached hydrogens (tertiary/aromatic N) is 2. The van der Waals surface area contributed by atoms with Crippen LogP contribution >= 0.6 is 0 Å². The van der Waals surface area contributed by atoms with E-state index in [0.29, 0.717) is 0 Å². The molecule has 3 heteroatoms. The Kier molecular flexibility index (Phi) is 22.7. The first kappa shape index (κ1) is 41.2. The van der Waals surface area contributed by atoms with Gasteiger partial charge in [-0.15, -0.1) is 0 Å². The molecule has 0 N–H and O–H groups in total. The molecular formula is C44H70N2Ni. The van der Waals surface area contributed by atoms with Crippen molar-refractivity contribution in [2.75, 3.05) is 0 Å². The topological polar surface area (TPSA) is 25.3 Å². The van der Waals surface area contributed by atoms with Crippen LogP contribution in [0.5, 0.6) is 0 Å². The minimum absolute atomic E-state index is 1.04. The van der Waals surface area contributed by atoms with Crippen LogP contribution in [-0.2, 0) is 27.3 Å². The van der Waals surface area contributed by atoms with E-state index in [1.165, 1.54) is 147 Å². The summed E-state index contributed by atoms with van der Waals surface area (Å²) in [6.45, 7) is 13.5. The summed E-state index contributed by atoms with van der Waals surface area (Å²) in [5, 5.41) is 2.56. The van der Waals surface area contributed by atoms with Gasteiger partial charge in [-0.2, -0.15) is 0 Å². The SMILES string of the molecule is CCCCCCCCC1=C(c2cccc(CCCCC)c2)[N+](=[N-])C(c2cccc(CCCCC)c2)=C1CCCCCC.C[CH2][Ni][CH2]C. The van der Waals surface area contributed by atoms with E-state index in [2.05, 4.69) is 90.1 Å². The van der Waals surface area contributed by atoms with Gasteiger partial charge in [-0.05, 0) is 86.8 Å². The Morgan fingerprint density at radius 1 is 0.468 bits per heavy atom. The molecule has 0 bridgehead atoms. The second kappa shape index (κ2) is 26.0. The summed E-state index contributed by atoms with van der Waals surface area (Å²) in [6, 6.07) is 18.1. The Labute approximate surface area is 297 Å². The van der Waals surface area contributed by atoms with Crippen molar-refractivity contribution in [2.45, 2.75) is 181 Å². The van der Waals surface area contributed by atoms with Crippen molar-refractivity contribution in [1.82, 2.24) is 0 Å². The summed E-state index contributed by atoms with van der Waals surface area (Å²) in [5.41, 5.74) is 22.1. The third-order valence-electron chi connectivity index (χ3n) is 9.28. The van der Waals surface area contributed by atoms with Crippen LogP contribution in [0, 0.1) is 0 Å². The second-order valence-electron chi connectivity index (χ2n) is 13.2. The van der Waals surface area contributed by atoms with Gasteiger partial charge >= 0.3 is 39.1 Å². The maximum atomic E-state index is 12.1. The molecule has 1 heterocycles. The average molecular weight is 686 g/mol. The number of allylic oxidation sites excluding steroid dienone is 2. The van der Waals surface area contributed by atoms with Gasteiger partial charge in [0, 0.05) is 22.3 Å². The molecule has 0 atom stereocenters. The van der Waals surface area contributed by atoms with E-state index in [1.807, 2.05) is 14.4 Å². The Hall–Kier alpha value is -1.99. The zero-order valence-corrected chi connectivity index (χ0v) is 32.4. The van der Waals surface area contributed by atoms with E-state index in [4.69, 9.17) is 0 Å². The van der Waals surface area contributed by atoms with Crippen LogP contribution in [0.2, 0.25) is 10.8 Å². The standard InChI is InChI=1S/C40H60N2.2C2H5.Ni/c1-5-9-13-15-16-20-30-38-37(29-19-14-10-6-2)39(35-27-21-25-33(31-35)23-17-11-7-3)42(41)40(38)36-28-22-26-34(32-36)24-18-12-8-4;2*1-2;/h21-22,25-28,31-32H,5-20,23-24,29-30H2,1-4H3;2*1H2,2H3;. The van der Waals surface area contributed by atoms with Gasteiger partial charge in [0.05, 0.1) is 0 Å². The summed E-state index contributed by atoms with van der Waals surface area (Å²) in [6.07, 6.45) is 24.5. The summed E-state index contributed by atoms with van der Waals surface area (Å²) >= 11 is 1.82. The third kappa shape index (κ3) is 15.0. The van der Waals surface area contributed by atoms with Crippen molar-refractivity contribution in [3.63, 3.8) is 0 Å². The molecule has 0 amide bonds. The van der Waals surface area contributed by atoms with Gasteiger partial charge in [0.2, 0.25) is 11.4 Å². The van der Waals surface area contributed by atoms with Gasteiger partial charge in [-0.3, -0.25) is 0 Å². The molecule has 2 nitrogen and oxygen atoms in total. The first-order valence-electron chi connectivity index (χ1n) is 19.6. The van der Waals surface area contributed by atoms with Crippen LogP contribution in [-0.4, -0.2) is 4.70 Å². The number of unbranched alkanes of at least 4 members (excludes halogenated alkanes) is 12. The Morgan fingerprint density at radius 3 is 1.23 bits per heavy atom. The monoisotopic (exact) mass is 684 g/mol. The number of benzene rings is 2. The number of aryl methyl sites for hydroxylation is 2. The molecule has 3 rings (SSSR count). The molecule has 1 aliphatic rings. The first-order valence-corrected chi connectivity index (χ1v) is 21.0. The van der Waals surface area contributed by atoms with Gasteiger partial charge in [0.15, 0.2) is 0 Å². The van der Waals surface area contributed by atoms with Crippen molar-refractivity contribution in [3.8, 4) is 0 Å². The van der Waals surface area contributed by atoms with E-state index in [-0.39, 0.29) is 0 Å². The minimum atomic E-state index is 1.04. The summed E-state index contributed by atoms with van der Waals surface area (Å²) in [4.78, 5) is 0. The van der Waals surface area contributed by atoms with Gasteiger partial charge < -0.3 is 5.53 Å². The van der Waals surface area contributed by atoms with Crippen LogP contribution in [0.3, 0.4) is 0 Å². The Balaban J connectivity index is 0.00000142. The van der Waals surface area contributed by atoms with E-state index in [1.54, 1.807) is 4.70 Å². The van der Waals surface area contributed by atoms with Gasteiger partial charge in [0.1, 0.15) is 0 Å². The molecule has 2 aromatic carbocycles. The molecule has 0 aromatic heterocycles. The molecule has 47 heavy (non-hydrogen) atoms. The predicted molar refractivity (Wildman–Crippen MR) is 205 cm³/mol. The zero-order chi connectivity index (χ0) is 34.1. The van der Waals surface area contributed by atoms with Crippen LogP contribution in [0.4, 0.5) is 0 Å². The second-order valence-corrected chi connectivity index (χ2v) is 15.1. The van der Waals surface area contributed by atoms with Gasteiger partial charge in [-0.25, -0.2) is 4.70 Å². The van der Waals surface area contributed by atoms with Crippen molar-refractivity contribution >= 4 is 11.4 Å². The van der Waals surface area contributed by atoms with Gasteiger partial charge in [-0.1, -0.05) is 129 Å². The van der Waals surface area contributed by atoms with Crippen molar-refractivity contribution in [1.29, 1.82) is 0 Å². The normalized spacial score (nSPS) is 13.1. The van der Waals surface area contributed by atoms with E-state index >= 15 is 0 Å². The van der Waals surface area contributed by atoms with Crippen molar-refractivity contribution < 1.29 is 19.1 Å². The van der Waals surface area contributed by atoms with E-state index in [9.17, 15) is 5.53 Å². The van der Waals surface area contributed by atoms with Crippen LogP contribution in [0.1, 0.15) is 179 Å². The maximum absolute atomic E-state index is 12.1. The zero-order valence-electron chi connectivity index (χ0n) is 31.4. The Bertz CT molecular complexity index is 1200. The molecule has 0 saturated heterocycles. The average Bonchev–Trinajstić information content (AvgIpc) is 3.36. The van der Waals surface area contributed by atoms with Crippen LogP contribution in [0.15, 0.2) is 59.7 Å². The summed E-state index contributed by atoms with van der Waals surface area (Å²) in [5.74, 6) is 0. The number of hydrogen-bond donors (Lipinski definition) is 0. The predicted octanol–water partition coefficient (Wildman–Crippen LogP) is 15.0. The van der Waals surface area contributed by atoms with E-state index < -0.39 is 0 Å². The quantitative estimate of drug-likeness (QED) is 0.0597. The summed E-state index contributed by atoms with van der Waals surface area (Å²) < 4.78 is 1.60. The molecule has 0 radical (unpaired) electrons. The van der Waals surface area contributed by atoms with E-state index in [0.717, 1.165) is 37.1 Å². The molecule has 1 aliphatic heterocycles. The first-order chi connectivity index (χ1) is 23.1. The van der Waals surface area contributed by atoms with Gasteiger partial charge in [0.25, 0.3) is 0 Å².